The average molecular weight is 585 g/mol. The standard InChI is InChI=1S/C29H37ClN6O5/c1-20-6-7-22(30)16-21(20)19-36(29(37)38)26-8-9-31-28(33-26)32-23-17-24(39-3)27(40-4)25(18-23)41-15-5-10-35-13-11-34(2)12-14-35/h6-9,16-18H,5,10-15,19H2,1-4H3,(H,37,38)(H,31,32,33). The third-order valence-electron chi connectivity index (χ3n) is 6.96. The van der Waals surface area contributed by atoms with Crippen LogP contribution in [0.3, 0.4) is 0 Å². The van der Waals surface area contributed by atoms with Gasteiger partial charge in [0.2, 0.25) is 11.7 Å². The Morgan fingerprint density at radius 1 is 1.10 bits per heavy atom. The molecule has 12 heteroatoms. The third-order valence-corrected chi connectivity index (χ3v) is 7.20. The molecule has 0 spiro atoms. The smallest absolute Gasteiger partial charge is 0.413 e. The molecule has 0 aliphatic carbocycles. The van der Waals surface area contributed by atoms with Crippen molar-refractivity contribution in [1.29, 1.82) is 0 Å². The fourth-order valence-corrected chi connectivity index (χ4v) is 4.76. The molecule has 220 valence electrons. The van der Waals surface area contributed by atoms with Gasteiger partial charge in [-0.15, -0.1) is 0 Å². The molecule has 41 heavy (non-hydrogen) atoms. The highest BCUT2D eigenvalue weighted by Crippen LogP contribution is 2.41. The molecule has 1 aliphatic heterocycles. The second-order valence-corrected chi connectivity index (χ2v) is 10.3. The predicted octanol–water partition coefficient (Wildman–Crippen LogP) is 4.90. The number of likely N-dealkylation sites (N-methyl/N-ethyl adjacent to an activating group) is 1. The first-order valence-electron chi connectivity index (χ1n) is 13.4. The summed E-state index contributed by atoms with van der Waals surface area (Å²) in [7, 11) is 5.27. The lowest BCUT2D eigenvalue weighted by Crippen LogP contribution is -2.44. The molecule has 0 bridgehead atoms. The van der Waals surface area contributed by atoms with Crippen LogP contribution in [-0.4, -0.2) is 91.6 Å². The fourth-order valence-electron chi connectivity index (χ4n) is 4.57. The number of anilines is 3. The second-order valence-electron chi connectivity index (χ2n) is 9.86. The number of ether oxygens (including phenoxy) is 3. The molecule has 0 unspecified atom stereocenters. The number of piperazine rings is 1. The third kappa shape index (κ3) is 8.12. The van der Waals surface area contributed by atoms with Gasteiger partial charge in [-0.25, -0.2) is 9.78 Å². The highest BCUT2D eigenvalue weighted by Gasteiger charge is 2.20. The summed E-state index contributed by atoms with van der Waals surface area (Å²) in [5.41, 5.74) is 2.30. The molecule has 2 heterocycles. The lowest BCUT2D eigenvalue weighted by Gasteiger charge is -2.32. The fraction of sp³-hybridized carbons (Fsp3) is 0.414. The summed E-state index contributed by atoms with van der Waals surface area (Å²) in [6.45, 7) is 7.73. The van der Waals surface area contributed by atoms with Crippen LogP contribution in [0.15, 0.2) is 42.6 Å². The van der Waals surface area contributed by atoms with Gasteiger partial charge in [0.05, 0.1) is 27.4 Å². The zero-order valence-electron chi connectivity index (χ0n) is 23.9. The Labute approximate surface area is 245 Å². The molecule has 1 saturated heterocycles. The van der Waals surface area contributed by atoms with Gasteiger partial charge in [-0.3, -0.25) is 4.90 Å². The van der Waals surface area contributed by atoms with Crippen molar-refractivity contribution in [2.75, 3.05) is 70.8 Å². The number of halogens is 1. The summed E-state index contributed by atoms with van der Waals surface area (Å²) in [5, 5.41) is 13.6. The number of carboxylic acid groups (broad SMARTS) is 1. The monoisotopic (exact) mass is 584 g/mol. The summed E-state index contributed by atoms with van der Waals surface area (Å²) in [6.07, 6.45) is 1.23. The van der Waals surface area contributed by atoms with Crippen LogP contribution < -0.4 is 24.4 Å². The first kappa shape index (κ1) is 30.2. The highest BCUT2D eigenvalue weighted by molar-refractivity contribution is 6.30. The molecule has 0 radical (unpaired) electrons. The Hall–Kier alpha value is -3.80. The number of rotatable bonds is 12. The van der Waals surface area contributed by atoms with Crippen molar-refractivity contribution >= 4 is 35.1 Å². The normalized spacial score (nSPS) is 14.0. The van der Waals surface area contributed by atoms with Gasteiger partial charge in [0, 0.05) is 61.8 Å². The number of benzene rings is 2. The van der Waals surface area contributed by atoms with Gasteiger partial charge in [-0.05, 0) is 49.7 Å². The number of aryl methyl sites for hydroxylation is 1. The number of hydrogen-bond acceptors (Lipinski definition) is 9. The number of amides is 1. The van der Waals surface area contributed by atoms with E-state index in [0.717, 1.165) is 55.2 Å². The molecular formula is C29H37ClN6O5. The van der Waals surface area contributed by atoms with Gasteiger partial charge in [0.1, 0.15) is 5.82 Å². The summed E-state index contributed by atoms with van der Waals surface area (Å²) >= 11 is 6.15. The quantitative estimate of drug-likeness (QED) is 0.285. The van der Waals surface area contributed by atoms with Crippen molar-refractivity contribution in [1.82, 2.24) is 19.8 Å². The minimum absolute atomic E-state index is 0.0840. The topological polar surface area (TPSA) is 113 Å². The minimum atomic E-state index is -1.15. The molecule has 1 aliphatic rings. The molecule has 4 rings (SSSR count). The van der Waals surface area contributed by atoms with Crippen LogP contribution in [0, 0.1) is 6.92 Å². The Morgan fingerprint density at radius 2 is 1.85 bits per heavy atom. The summed E-state index contributed by atoms with van der Waals surface area (Å²) in [5.74, 6) is 1.92. The summed E-state index contributed by atoms with van der Waals surface area (Å²) in [6, 6.07) is 10.5. The number of methoxy groups -OCH3 is 2. The lowest BCUT2D eigenvalue weighted by molar-refractivity contribution is 0.145. The van der Waals surface area contributed by atoms with Gasteiger partial charge < -0.3 is 34.4 Å². The molecule has 1 fully saturated rings. The molecule has 3 aromatic rings. The minimum Gasteiger partial charge on any atom is -0.493 e. The summed E-state index contributed by atoms with van der Waals surface area (Å²) < 4.78 is 17.3. The maximum Gasteiger partial charge on any atom is 0.413 e. The molecule has 2 N–H and O–H groups in total. The van der Waals surface area contributed by atoms with E-state index in [9.17, 15) is 9.90 Å². The van der Waals surface area contributed by atoms with Crippen LogP contribution in [0.4, 0.5) is 22.2 Å². The molecule has 2 aromatic carbocycles. The van der Waals surface area contributed by atoms with Crippen molar-refractivity contribution < 1.29 is 24.1 Å². The van der Waals surface area contributed by atoms with E-state index in [-0.39, 0.29) is 18.3 Å². The van der Waals surface area contributed by atoms with E-state index in [1.807, 2.05) is 13.0 Å². The zero-order chi connectivity index (χ0) is 29.4. The molecule has 0 saturated carbocycles. The number of hydrogen-bond donors (Lipinski definition) is 2. The molecule has 11 nitrogen and oxygen atoms in total. The number of nitrogens with zero attached hydrogens (tertiary/aromatic N) is 5. The van der Waals surface area contributed by atoms with E-state index >= 15 is 0 Å². The maximum absolute atomic E-state index is 12.2. The molecule has 1 amide bonds. The van der Waals surface area contributed by atoms with Crippen LogP contribution in [0.5, 0.6) is 17.2 Å². The van der Waals surface area contributed by atoms with Crippen LogP contribution >= 0.6 is 11.6 Å². The van der Waals surface area contributed by atoms with Crippen molar-refractivity contribution in [2.45, 2.75) is 19.9 Å². The Balaban J connectivity index is 1.48. The van der Waals surface area contributed by atoms with Crippen molar-refractivity contribution in [2.24, 2.45) is 0 Å². The SMILES string of the molecule is COc1cc(Nc2nccc(N(Cc3cc(Cl)ccc3C)C(=O)O)n2)cc(OCCCN2CCN(C)CC2)c1OC. The number of carbonyl (C=O) groups is 1. The van der Waals surface area contributed by atoms with Crippen molar-refractivity contribution in [3.8, 4) is 17.2 Å². The molecule has 0 atom stereocenters. The zero-order valence-corrected chi connectivity index (χ0v) is 24.6. The van der Waals surface area contributed by atoms with Gasteiger partial charge in [-0.2, -0.15) is 4.98 Å². The van der Waals surface area contributed by atoms with Crippen LogP contribution in [-0.2, 0) is 6.54 Å². The average Bonchev–Trinajstić information content (AvgIpc) is 2.96. The Bertz CT molecular complexity index is 1340. The number of nitrogens with one attached hydrogen (secondary N) is 1. The largest absolute Gasteiger partial charge is 0.493 e. The lowest BCUT2D eigenvalue weighted by atomic mass is 10.1. The van der Waals surface area contributed by atoms with Crippen molar-refractivity contribution in [3.05, 3.63) is 58.7 Å². The second kappa shape index (κ2) is 14.2. The van der Waals surface area contributed by atoms with Crippen LogP contribution in [0.25, 0.3) is 0 Å². The van der Waals surface area contributed by atoms with Crippen molar-refractivity contribution in [3.63, 3.8) is 0 Å². The first-order chi connectivity index (χ1) is 19.8. The Morgan fingerprint density at radius 3 is 2.56 bits per heavy atom. The molecular weight excluding hydrogens is 548 g/mol. The Kier molecular flexibility index (Phi) is 10.4. The van der Waals surface area contributed by atoms with E-state index in [4.69, 9.17) is 25.8 Å². The van der Waals surface area contributed by atoms with Gasteiger partial charge in [0.15, 0.2) is 11.5 Å². The van der Waals surface area contributed by atoms with E-state index < -0.39 is 6.09 Å². The van der Waals surface area contributed by atoms with E-state index in [0.29, 0.717) is 34.6 Å². The molecule has 1 aromatic heterocycles. The van der Waals surface area contributed by atoms with Crippen LogP contribution in [0.1, 0.15) is 17.5 Å². The van der Waals surface area contributed by atoms with Gasteiger partial charge in [-0.1, -0.05) is 17.7 Å². The highest BCUT2D eigenvalue weighted by atomic mass is 35.5. The van der Waals surface area contributed by atoms with E-state index in [1.165, 1.54) is 6.20 Å². The van der Waals surface area contributed by atoms with E-state index in [2.05, 4.69) is 32.1 Å². The first-order valence-corrected chi connectivity index (χ1v) is 13.8. The summed E-state index contributed by atoms with van der Waals surface area (Å²) in [4.78, 5) is 26.9. The van der Waals surface area contributed by atoms with Gasteiger partial charge in [0.25, 0.3) is 0 Å². The van der Waals surface area contributed by atoms with E-state index in [1.54, 1.807) is 44.6 Å². The predicted molar refractivity (Wildman–Crippen MR) is 159 cm³/mol. The van der Waals surface area contributed by atoms with Gasteiger partial charge >= 0.3 is 6.09 Å². The number of aromatic nitrogens is 2. The van der Waals surface area contributed by atoms with Crippen LogP contribution in [0.2, 0.25) is 5.02 Å². The maximum atomic E-state index is 12.2.